The van der Waals surface area contributed by atoms with E-state index >= 15 is 0 Å². The second-order valence-corrected chi connectivity index (χ2v) is 5.01. The Balaban J connectivity index is 1.88. The Morgan fingerprint density at radius 3 is 2.57 bits per heavy atom. The number of nitrogens with zero attached hydrogens (tertiary/aromatic N) is 3. The predicted octanol–water partition coefficient (Wildman–Crippen LogP) is 2.23. The molecule has 1 N–H and O–H groups in total. The van der Waals surface area contributed by atoms with Crippen LogP contribution in [0, 0.1) is 0 Å². The zero-order valence-corrected chi connectivity index (χ0v) is 12.7. The maximum Gasteiger partial charge on any atom is 0.229 e. The molecule has 1 aromatic heterocycles. The molecular weight excluding hydrogens is 266 g/mol. The second-order valence-electron chi connectivity index (χ2n) is 5.01. The molecule has 0 radical (unpaired) electrons. The maximum absolute atomic E-state index is 10.1. The minimum Gasteiger partial charge on any atom is -0.388 e. The van der Waals surface area contributed by atoms with Crippen molar-refractivity contribution in [3.8, 4) is 0 Å². The Hall–Kier alpha value is -1.72. The molecule has 0 aliphatic heterocycles. The molecule has 0 saturated carbocycles. The number of aliphatic hydroxyl groups is 1. The van der Waals surface area contributed by atoms with Crippen molar-refractivity contribution in [2.45, 2.75) is 32.8 Å². The highest BCUT2D eigenvalue weighted by Gasteiger charge is 2.14. The quantitative estimate of drug-likeness (QED) is 0.807. The first-order valence-electron chi connectivity index (χ1n) is 7.49. The molecule has 1 heterocycles. The third-order valence-electron chi connectivity index (χ3n) is 3.61. The Morgan fingerprint density at radius 1 is 1.19 bits per heavy atom. The lowest BCUT2D eigenvalue weighted by molar-refractivity contribution is 0.164. The van der Waals surface area contributed by atoms with Gasteiger partial charge < -0.3 is 14.5 Å². The van der Waals surface area contributed by atoms with Crippen molar-refractivity contribution in [2.75, 3.05) is 19.6 Å². The number of hydrogen-bond acceptors (Lipinski definition) is 5. The van der Waals surface area contributed by atoms with Crippen molar-refractivity contribution in [3.05, 3.63) is 47.6 Å². The molecule has 0 bridgehead atoms. The van der Waals surface area contributed by atoms with Crippen LogP contribution in [-0.4, -0.2) is 39.8 Å². The molecule has 1 unspecified atom stereocenters. The van der Waals surface area contributed by atoms with Gasteiger partial charge in [0.05, 0.1) is 12.5 Å². The van der Waals surface area contributed by atoms with Gasteiger partial charge in [0.15, 0.2) is 5.82 Å². The maximum atomic E-state index is 10.1. The average Bonchev–Trinajstić information content (AvgIpc) is 2.96. The van der Waals surface area contributed by atoms with E-state index in [-0.39, 0.29) is 0 Å². The van der Waals surface area contributed by atoms with Gasteiger partial charge in [0.1, 0.15) is 0 Å². The number of rotatable bonds is 8. The lowest BCUT2D eigenvalue weighted by atomic mass is 10.1. The average molecular weight is 289 g/mol. The van der Waals surface area contributed by atoms with Crippen LogP contribution < -0.4 is 0 Å². The standard InChI is InChI=1S/C16H23N3O2/c1-3-19(4-2)11-10-15-17-16(21-18-15)12-14(20)13-8-6-5-7-9-13/h5-9,14,20H,3-4,10-12H2,1-2H3. The third-order valence-corrected chi connectivity index (χ3v) is 3.61. The number of benzene rings is 1. The summed E-state index contributed by atoms with van der Waals surface area (Å²) in [5.41, 5.74) is 0.861. The summed E-state index contributed by atoms with van der Waals surface area (Å²) in [5.74, 6) is 1.19. The third kappa shape index (κ3) is 4.65. The molecule has 0 spiro atoms. The van der Waals surface area contributed by atoms with Crippen LogP contribution in [0.15, 0.2) is 34.9 Å². The van der Waals surface area contributed by atoms with Gasteiger partial charge in [-0.25, -0.2) is 0 Å². The minimum atomic E-state index is -0.609. The van der Waals surface area contributed by atoms with E-state index in [0.29, 0.717) is 18.1 Å². The molecule has 5 heteroatoms. The largest absolute Gasteiger partial charge is 0.388 e. The molecule has 0 amide bonds. The van der Waals surface area contributed by atoms with Crippen molar-refractivity contribution >= 4 is 0 Å². The zero-order valence-electron chi connectivity index (χ0n) is 12.7. The first-order chi connectivity index (χ1) is 10.2. The van der Waals surface area contributed by atoms with Crippen molar-refractivity contribution in [3.63, 3.8) is 0 Å². The van der Waals surface area contributed by atoms with Gasteiger partial charge in [0.2, 0.25) is 5.89 Å². The van der Waals surface area contributed by atoms with E-state index in [1.54, 1.807) is 0 Å². The molecular formula is C16H23N3O2. The molecule has 5 nitrogen and oxygen atoms in total. The van der Waals surface area contributed by atoms with E-state index in [0.717, 1.165) is 31.6 Å². The van der Waals surface area contributed by atoms with E-state index in [2.05, 4.69) is 28.9 Å². The van der Waals surface area contributed by atoms with E-state index in [4.69, 9.17) is 4.52 Å². The van der Waals surface area contributed by atoms with Crippen LogP contribution in [0.4, 0.5) is 0 Å². The van der Waals surface area contributed by atoms with E-state index in [9.17, 15) is 5.11 Å². The summed E-state index contributed by atoms with van der Waals surface area (Å²) in [6.45, 7) is 7.25. The molecule has 1 atom stereocenters. The highest BCUT2D eigenvalue weighted by Crippen LogP contribution is 2.16. The molecule has 2 rings (SSSR count). The van der Waals surface area contributed by atoms with E-state index < -0.39 is 6.10 Å². The molecule has 21 heavy (non-hydrogen) atoms. The van der Waals surface area contributed by atoms with Crippen molar-refractivity contribution in [2.24, 2.45) is 0 Å². The van der Waals surface area contributed by atoms with E-state index in [1.165, 1.54) is 0 Å². The molecule has 0 aliphatic carbocycles. The second kappa shape index (κ2) is 7.90. The topological polar surface area (TPSA) is 62.4 Å². The minimum absolute atomic E-state index is 0.349. The number of hydrogen-bond donors (Lipinski definition) is 1. The first kappa shape index (κ1) is 15.7. The smallest absolute Gasteiger partial charge is 0.229 e. The highest BCUT2D eigenvalue weighted by atomic mass is 16.5. The van der Waals surface area contributed by atoms with Crippen LogP contribution in [0.2, 0.25) is 0 Å². The number of likely N-dealkylation sites (N-methyl/N-ethyl adjacent to an activating group) is 1. The Labute approximate surface area is 125 Å². The predicted molar refractivity (Wildman–Crippen MR) is 80.9 cm³/mol. The Morgan fingerprint density at radius 2 is 1.90 bits per heavy atom. The fourth-order valence-corrected chi connectivity index (χ4v) is 2.23. The number of aliphatic hydroxyl groups excluding tert-OH is 1. The summed E-state index contributed by atoms with van der Waals surface area (Å²) in [6, 6.07) is 9.52. The zero-order chi connectivity index (χ0) is 15.1. The van der Waals surface area contributed by atoms with Gasteiger partial charge in [-0.05, 0) is 18.7 Å². The van der Waals surface area contributed by atoms with Gasteiger partial charge in [-0.2, -0.15) is 4.98 Å². The summed E-state index contributed by atoms with van der Waals surface area (Å²) in [7, 11) is 0. The fourth-order valence-electron chi connectivity index (χ4n) is 2.23. The van der Waals surface area contributed by atoms with Crippen LogP contribution in [0.3, 0.4) is 0 Å². The van der Waals surface area contributed by atoms with Crippen LogP contribution in [0.25, 0.3) is 0 Å². The highest BCUT2D eigenvalue weighted by molar-refractivity contribution is 5.18. The van der Waals surface area contributed by atoms with Gasteiger partial charge in [-0.1, -0.05) is 49.3 Å². The van der Waals surface area contributed by atoms with Gasteiger partial charge in [-0.3, -0.25) is 0 Å². The molecule has 0 saturated heterocycles. The van der Waals surface area contributed by atoms with Crippen LogP contribution >= 0.6 is 0 Å². The molecule has 114 valence electrons. The summed E-state index contributed by atoms with van der Waals surface area (Å²) < 4.78 is 5.22. The molecule has 0 aliphatic rings. The SMILES string of the molecule is CCN(CC)CCc1noc(CC(O)c2ccccc2)n1. The first-order valence-corrected chi connectivity index (χ1v) is 7.49. The van der Waals surface area contributed by atoms with Gasteiger partial charge in [0, 0.05) is 13.0 Å². The van der Waals surface area contributed by atoms with Crippen LogP contribution in [-0.2, 0) is 12.8 Å². The summed E-state index contributed by atoms with van der Waals surface area (Å²) in [4.78, 5) is 6.67. The lowest BCUT2D eigenvalue weighted by Gasteiger charge is -2.16. The van der Waals surface area contributed by atoms with Gasteiger partial charge >= 0.3 is 0 Å². The van der Waals surface area contributed by atoms with E-state index in [1.807, 2.05) is 30.3 Å². The fraction of sp³-hybridized carbons (Fsp3) is 0.500. The normalized spacial score (nSPS) is 12.8. The van der Waals surface area contributed by atoms with Crippen molar-refractivity contribution < 1.29 is 9.63 Å². The summed E-state index contributed by atoms with van der Waals surface area (Å²) >= 11 is 0. The summed E-state index contributed by atoms with van der Waals surface area (Å²) in [5, 5.41) is 14.1. The monoisotopic (exact) mass is 289 g/mol. The van der Waals surface area contributed by atoms with Crippen LogP contribution in [0.5, 0.6) is 0 Å². The number of aromatic nitrogens is 2. The molecule has 1 aromatic carbocycles. The van der Waals surface area contributed by atoms with Crippen molar-refractivity contribution in [1.82, 2.24) is 15.0 Å². The Kier molecular flexibility index (Phi) is 5.90. The van der Waals surface area contributed by atoms with Crippen LogP contribution in [0.1, 0.15) is 37.2 Å². The lowest BCUT2D eigenvalue weighted by Crippen LogP contribution is -2.25. The Bertz CT molecular complexity index is 523. The van der Waals surface area contributed by atoms with Gasteiger partial charge in [-0.15, -0.1) is 0 Å². The molecule has 0 fully saturated rings. The van der Waals surface area contributed by atoms with Crippen molar-refractivity contribution in [1.29, 1.82) is 0 Å². The summed E-state index contributed by atoms with van der Waals surface area (Å²) in [6.07, 6.45) is 0.511. The van der Waals surface area contributed by atoms with Gasteiger partial charge in [0.25, 0.3) is 0 Å². The molecule has 2 aromatic rings.